The maximum atomic E-state index is 14.5. The molecule has 5 rings (SSSR count). The van der Waals surface area contributed by atoms with Crippen LogP contribution in [0.15, 0.2) is 49.6 Å². The molecule has 2 saturated carbocycles. The van der Waals surface area contributed by atoms with Gasteiger partial charge in [0.05, 0.1) is 6.04 Å². The molecule has 3 N–H and O–H groups in total. The summed E-state index contributed by atoms with van der Waals surface area (Å²) in [5, 5.41) is 8.25. The van der Waals surface area contributed by atoms with E-state index in [1.807, 2.05) is 24.3 Å². The van der Waals surface area contributed by atoms with Crippen LogP contribution in [0, 0.1) is 23.2 Å². The number of amides is 4. The second-order valence-corrected chi connectivity index (χ2v) is 13.9. The summed E-state index contributed by atoms with van der Waals surface area (Å²) in [6.07, 6.45) is 8.94. The molecule has 1 aromatic carbocycles. The molecular formula is C36H48N4O6. The number of carbonyl (C=O) groups is 5. The van der Waals surface area contributed by atoms with E-state index in [1.54, 1.807) is 11.0 Å². The van der Waals surface area contributed by atoms with E-state index in [0.717, 1.165) is 43.2 Å². The Hall–Kier alpha value is -3.95. The second kappa shape index (κ2) is 14.2. The number of likely N-dealkylation sites (tertiary alicyclic amines) is 1. The predicted molar refractivity (Wildman–Crippen MR) is 173 cm³/mol. The number of benzene rings is 1. The van der Waals surface area contributed by atoms with E-state index in [0.29, 0.717) is 25.8 Å². The van der Waals surface area contributed by atoms with E-state index in [9.17, 15) is 24.0 Å². The number of ether oxygens (including phenoxy) is 1. The second-order valence-electron chi connectivity index (χ2n) is 13.9. The van der Waals surface area contributed by atoms with Crippen molar-refractivity contribution >= 4 is 29.6 Å². The Morgan fingerprint density at radius 2 is 1.67 bits per heavy atom. The van der Waals surface area contributed by atoms with Crippen LogP contribution in [0.2, 0.25) is 0 Å². The Kier molecular flexibility index (Phi) is 10.3. The van der Waals surface area contributed by atoms with Gasteiger partial charge in [-0.2, -0.15) is 0 Å². The number of carbonyl (C=O) groups excluding carboxylic acids is 5. The molecule has 3 aliphatic carbocycles. The third kappa shape index (κ3) is 7.05. The lowest BCUT2D eigenvalue weighted by Crippen LogP contribution is -2.59. The minimum Gasteiger partial charge on any atom is -0.446 e. The van der Waals surface area contributed by atoms with Crippen LogP contribution in [0.3, 0.4) is 0 Å². The summed E-state index contributed by atoms with van der Waals surface area (Å²) in [4.78, 5) is 69.1. The number of fused-ring (bicyclic) bond motifs is 2. The van der Waals surface area contributed by atoms with Crippen LogP contribution in [0.1, 0.15) is 69.9 Å². The first-order valence-electron chi connectivity index (χ1n) is 16.7. The normalized spacial score (nSPS) is 24.5. The molecule has 3 fully saturated rings. The van der Waals surface area contributed by atoms with Crippen LogP contribution in [0.25, 0.3) is 0 Å². The molecule has 4 aliphatic rings. The molecule has 10 heteroatoms. The van der Waals surface area contributed by atoms with Crippen molar-refractivity contribution < 1.29 is 28.7 Å². The fourth-order valence-electron chi connectivity index (χ4n) is 7.92. The smallest absolute Gasteiger partial charge is 0.408 e. The molecule has 4 amide bonds. The molecule has 1 heterocycles. The van der Waals surface area contributed by atoms with Gasteiger partial charge in [-0.1, -0.05) is 56.7 Å². The van der Waals surface area contributed by atoms with E-state index in [2.05, 4.69) is 43.0 Å². The van der Waals surface area contributed by atoms with Gasteiger partial charge in [0.15, 0.2) is 0 Å². The van der Waals surface area contributed by atoms with E-state index in [1.165, 1.54) is 6.08 Å². The van der Waals surface area contributed by atoms with Crippen molar-refractivity contribution in [2.45, 2.75) is 95.9 Å². The van der Waals surface area contributed by atoms with Gasteiger partial charge < -0.3 is 25.6 Å². The highest BCUT2D eigenvalue weighted by Crippen LogP contribution is 2.65. The highest BCUT2D eigenvalue weighted by Gasteiger charge is 2.69. The molecular weight excluding hydrogens is 584 g/mol. The van der Waals surface area contributed by atoms with Crippen molar-refractivity contribution in [3.63, 3.8) is 0 Å². The van der Waals surface area contributed by atoms with Crippen molar-refractivity contribution in [2.75, 3.05) is 13.1 Å². The van der Waals surface area contributed by atoms with Gasteiger partial charge in [-0.25, -0.2) is 4.79 Å². The maximum Gasteiger partial charge on any atom is 0.408 e. The fourth-order valence-corrected chi connectivity index (χ4v) is 7.92. The molecule has 1 unspecified atom stereocenters. The summed E-state index contributed by atoms with van der Waals surface area (Å²) in [7, 11) is 0. The third-order valence-electron chi connectivity index (χ3n) is 10.6. The highest BCUT2D eigenvalue weighted by molar-refractivity contribution is 6.38. The summed E-state index contributed by atoms with van der Waals surface area (Å²) in [6, 6.07) is 5.24. The summed E-state index contributed by atoms with van der Waals surface area (Å²) < 4.78 is 5.79. The number of hydrogen-bond acceptors (Lipinski definition) is 6. The molecule has 1 saturated heterocycles. The number of rotatable bonds is 13. The molecule has 10 nitrogen and oxygen atoms in total. The Labute approximate surface area is 271 Å². The Morgan fingerprint density at radius 1 is 1.00 bits per heavy atom. The zero-order valence-corrected chi connectivity index (χ0v) is 27.1. The standard InChI is InChI=1S/C36H48N4O6/c1-5-7-17-27(31(41)33(43)37-18-6-2)38-32(42)30-28-26(36(28,3)4)21-40(30)34(44)29(24-19-22-13-11-12-14-23(22)20-24)39-35(45)46-25-15-9-8-10-16-25/h5-6,11-14,24-30H,1-2,7-10,15-21H2,3-4H3,(H,37,43)(H,38,42)(H,39,45)/t26-,27?,28-,29-,30-/m0/s1. The molecule has 5 atom stereocenters. The first-order chi connectivity index (χ1) is 22.1. The van der Waals surface area contributed by atoms with Crippen LogP contribution in [0.5, 0.6) is 0 Å². The average Bonchev–Trinajstić information content (AvgIpc) is 3.40. The zero-order valence-electron chi connectivity index (χ0n) is 27.1. The number of allylic oxidation sites excluding steroid dienone is 1. The van der Waals surface area contributed by atoms with Crippen molar-refractivity contribution in [1.82, 2.24) is 20.9 Å². The lowest BCUT2D eigenvalue weighted by Gasteiger charge is -2.35. The Bertz CT molecular complexity index is 1340. The molecule has 248 valence electrons. The largest absolute Gasteiger partial charge is 0.446 e. The van der Waals surface area contributed by atoms with Gasteiger partial charge in [0.25, 0.3) is 5.91 Å². The quantitative estimate of drug-likeness (QED) is 0.225. The predicted octanol–water partition coefficient (Wildman–Crippen LogP) is 3.63. The molecule has 0 spiro atoms. The van der Waals surface area contributed by atoms with Gasteiger partial charge in [0.1, 0.15) is 18.2 Å². The van der Waals surface area contributed by atoms with E-state index in [-0.39, 0.29) is 48.1 Å². The monoisotopic (exact) mass is 632 g/mol. The fraction of sp³-hybridized carbons (Fsp3) is 0.583. The van der Waals surface area contributed by atoms with Gasteiger partial charge in [-0.15, -0.1) is 13.2 Å². The van der Waals surface area contributed by atoms with E-state index < -0.39 is 41.8 Å². The zero-order chi connectivity index (χ0) is 33.0. The molecule has 46 heavy (non-hydrogen) atoms. The SMILES string of the molecule is C=CCCC(NC(=O)[C@@H]1[C@@H]2[C@H](CN1C(=O)[C@@H](NC(=O)OC1CCCCC1)C1Cc3ccccc3C1)C2(C)C)C(=O)C(=O)NCC=C. The van der Waals surface area contributed by atoms with Crippen molar-refractivity contribution in [3.8, 4) is 0 Å². The molecule has 0 radical (unpaired) electrons. The lowest BCUT2D eigenvalue weighted by molar-refractivity contribution is -0.144. The average molecular weight is 633 g/mol. The Morgan fingerprint density at radius 3 is 2.30 bits per heavy atom. The number of nitrogens with zero attached hydrogens (tertiary/aromatic N) is 1. The van der Waals surface area contributed by atoms with Crippen molar-refractivity contribution in [1.29, 1.82) is 0 Å². The van der Waals surface area contributed by atoms with Crippen LogP contribution < -0.4 is 16.0 Å². The third-order valence-corrected chi connectivity index (χ3v) is 10.6. The summed E-state index contributed by atoms with van der Waals surface area (Å²) >= 11 is 0. The summed E-state index contributed by atoms with van der Waals surface area (Å²) in [6.45, 7) is 11.9. The van der Waals surface area contributed by atoms with Crippen LogP contribution in [-0.4, -0.2) is 71.8 Å². The van der Waals surface area contributed by atoms with Crippen LogP contribution in [-0.2, 0) is 36.8 Å². The van der Waals surface area contributed by atoms with Crippen molar-refractivity contribution in [2.24, 2.45) is 23.2 Å². The topological polar surface area (TPSA) is 134 Å². The number of ketones is 1. The Balaban J connectivity index is 1.37. The minimum absolute atomic E-state index is 0.0982. The number of hydrogen-bond donors (Lipinski definition) is 3. The van der Waals surface area contributed by atoms with Gasteiger partial charge in [0, 0.05) is 13.1 Å². The highest BCUT2D eigenvalue weighted by atomic mass is 16.6. The first kappa shape index (κ1) is 33.4. The lowest BCUT2D eigenvalue weighted by atomic mass is 9.93. The number of nitrogens with one attached hydrogen (secondary N) is 3. The minimum atomic E-state index is -1.07. The van der Waals surface area contributed by atoms with E-state index in [4.69, 9.17) is 4.74 Å². The van der Waals surface area contributed by atoms with Crippen molar-refractivity contribution in [3.05, 3.63) is 60.7 Å². The van der Waals surface area contributed by atoms with Crippen LogP contribution in [0.4, 0.5) is 4.79 Å². The molecule has 0 bridgehead atoms. The number of Topliss-reactive ketones (excluding diaryl/α,β-unsaturated/α-hetero) is 1. The molecule has 1 aliphatic heterocycles. The maximum absolute atomic E-state index is 14.5. The first-order valence-corrected chi connectivity index (χ1v) is 16.7. The van der Waals surface area contributed by atoms with E-state index >= 15 is 0 Å². The summed E-state index contributed by atoms with van der Waals surface area (Å²) in [5.41, 5.74) is 2.11. The van der Waals surface area contributed by atoms with Gasteiger partial charge in [-0.05, 0) is 85.7 Å². The van der Waals surface area contributed by atoms with Gasteiger partial charge in [0.2, 0.25) is 17.6 Å². The van der Waals surface area contributed by atoms with Gasteiger partial charge in [-0.3, -0.25) is 19.2 Å². The molecule has 1 aromatic rings. The number of alkyl carbamates (subject to hydrolysis) is 1. The molecule has 0 aromatic heterocycles. The summed E-state index contributed by atoms with van der Waals surface area (Å²) in [5.74, 6) is -2.57. The van der Waals surface area contributed by atoms with Crippen LogP contribution >= 0.6 is 0 Å². The number of piperidine rings is 1. The van der Waals surface area contributed by atoms with Gasteiger partial charge >= 0.3 is 6.09 Å².